The molecule has 1 aliphatic heterocycles. The second-order valence-electron chi connectivity index (χ2n) is 11.8. The van der Waals surface area contributed by atoms with Crippen molar-refractivity contribution in [3.63, 3.8) is 0 Å². The van der Waals surface area contributed by atoms with Crippen LogP contribution >= 0.6 is 11.3 Å². The van der Waals surface area contributed by atoms with Crippen LogP contribution in [-0.4, -0.2) is 99.4 Å². The van der Waals surface area contributed by atoms with Crippen molar-refractivity contribution in [2.45, 2.75) is 56.8 Å². The predicted octanol–water partition coefficient (Wildman–Crippen LogP) is 0.275. The number of oxime groups is 1. The number of thiazole rings is 1. The Hall–Kier alpha value is -5.26. The zero-order valence-corrected chi connectivity index (χ0v) is 29.4. The van der Waals surface area contributed by atoms with E-state index in [2.05, 4.69) is 30.0 Å². The summed E-state index contributed by atoms with van der Waals surface area (Å²) in [7, 11) is -5.03. The standard InChI is InChI=1S/C30H37N9O11S2/c1-30(2)24(27(42)39(30)50-52(45,46)47)37-26(41)23(20-15-51-29(33)35-20)38-49-21(28(43)44)14-48-18-9-6-16(7-10-18)17-8-11-22(34-13-17)36-25(40)19(32)5-3-4-12-31/h6-11,13,15,19,21,24H,3-5,12,14,31-32H2,1-2H3,(H2,33,35)(H,37,41)(H,43,44)(H,34,36,40)(H,45,46,47)/b38-23-/t19-,21-,24+/m0/s1. The number of ether oxygens (including phenoxy) is 1. The van der Waals surface area contributed by atoms with Gasteiger partial charge < -0.3 is 42.5 Å². The zero-order chi connectivity index (χ0) is 38.2. The monoisotopic (exact) mass is 763 g/mol. The van der Waals surface area contributed by atoms with Gasteiger partial charge in [-0.15, -0.1) is 15.6 Å². The highest BCUT2D eigenvalue weighted by atomic mass is 32.3. The lowest BCUT2D eigenvalue weighted by Crippen LogP contribution is -2.76. The summed E-state index contributed by atoms with van der Waals surface area (Å²) in [4.78, 5) is 63.5. The van der Waals surface area contributed by atoms with E-state index in [1.54, 1.807) is 42.6 Å². The van der Waals surface area contributed by atoms with Crippen LogP contribution in [0.4, 0.5) is 10.9 Å². The Labute approximate surface area is 301 Å². The highest BCUT2D eigenvalue weighted by molar-refractivity contribution is 7.80. The van der Waals surface area contributed by atoms with Gasteiger partial charge in [-0.05, 0) is 63.1 Å². The molecule has 280 valence electrons. The molecule has 0 saturated carbocycles. The molecule has 1 aromatic carbocycles. The first-order valence-electron chi connectivity index (χ1n) is 15.5. The van der Waals surface area contributed by atoms with E-state index in [0.29, 0.717) is 23.8 Å². The molecule has 1 fully saturated rings. The molecule has 22 heteroatoms. The van der Waals surface area contributed by atoms with E-state index < -0.39 is 64.2 Å². The number of aliphatic carboxylic acids is 1. The minimum absolute atomic E-state index is 0.0396. The van der Waals surface area contributed by atoms with Crippen LogP contribution in [0.25, 0.3) is 11.1 Å². The fourth-order valence-corrected chi connectivity index (χ4v) is 5.70. The van der Waals surface area contributed by atoms with Crippen LogP contribution in [0, 0.1) is 0 Å². The second kappa shape index (κ2) is 16.8. The molecule has 3 heterocycles. The van der Waals surface area contributed by atoms with Gasteiger partial charge in [0.25, 0.3) is 17.9 Å². The van der Waals surface area contributed by atoms with Gasteiger partial charge in [-0.3, -0.25) is 18.9 Å². The molecule has 1 aliphatic rings. The molecule has 3 atom stereocenters. The number of carbonyl (C=O) groups is 4. The normalized spacial score (nSPS) is 16.7. The maximum absolute atomic E-state index is 13.2. The number of amides is 3. The van der Waals surface area contributed by atoms with E-state index >= 15 is 0 Å². The van der Waals surface area contributed by atoms with Crippen molar-refractivity contribution >= 4 is 62.1 Å². The number of pyridine rings is 1. The first-order valence-corrected chi connectivity index (χ1v) is 17.7. The summed E-state index contributed by atoms with van der Waals surface area (Å²) in [5.41, 5.74) is 16.5. The van der Waals surface area contributed by atoms with Crippen molar-refractivity contribution in [3.05, 3.63) is 53.7 Å². The van der Waals surface area contributed by atoms with Crippen molar-refractivity contribution in [2.24, 2.45) is 16.6 Å². The number of hydrogen-bond donors (Lipinski definition) is 7. The van der Waals surface area contributed by atoms with Gasteiger partial charge in [0.1, 0.15) is 29.9 Å². The van der Waals surface area contributed by atoms with Crippen molar-refractivity contribution in [1.29, 1.82) is 0 Å². The Morgan fingerprint density at radius 2 is 1.83 bits per heavy atom. The molecule has 4 rings (SSSR count). The quantitative estimate of drug-likeness (QED) is 0.0301. The number of hydrogen-bond acceptors (Lipinski definition) is 16. The third-order valence-corrected chi connectivity index (χ3v) is 8.57. The molecule has 0 aliphatic carbocycles. The number of hydroxylamine groups is 2. The molecule has 3 amide bonds. The number of anilines is 2. The number of nitrogens with one attached hydrogen (secondary N) is 2. The molecule has 0 unspecified atom stereocenters. The van der Waals surface area contributed by atoms with Crippen LogP contribution in [0.3, 0.4) is 0 Å². The van der Waals surface area contributed by atoms with Gasteiger partial charge in [0.15, 0.2) is 10.8 Å². The molecule has 2 aromatic heterocycles. The SMILES string of the molecule is CC1(C)[C@H](NC(=O)/C(=N\O[C@@H](COc2ccc(-c3ccc(NC(=O)[C@@H](N)CCCCN)nc3)cc2)C(=O)O)c2csc(N)n2)C(=O)N1OS(=O)(=O)O. The Bertz CT molecular complexity index is 1900. The third kappa shape index (κ3) is 10.2. The molecule has 52 heavy (non-hydrogen) atoms. The van der Waals surface area contributed by atoms with Crippen LogP contribution in [0.2, 0.25) is 0 Å². The van der Waals surface area contributed by atoms with E-state index in [0.717, 1.165) is 35.3 Å². The van der Waals surface area contributed by atoms with Gasteiger partial charge >= 0.3 is 16.4 Å². The maximum Gasteiger partial charge on any atom is 0.418 e. The average Bonchev–Trinajstić information content (AvgIpc) is 3.52. The number of rotatable bonds is 18. The molecule has 20 nitrogen and oxygen atoms in total. The predicted molar refractivity (Wildman–Crippen MR) is 186 cm³/mol. The topological polar surface area (TPSA) is 314 Å². The Kier molecular flexibility index (Phi) is 12.8. The van der Waals surface area contributed by atoms with Gasteiger partial charge in [0.05, 0.1) is 11.6 Å². The molecular formula is C30H37N9O11S2. The highest BCUT2D eigenvalue weighted by Gasteiger charge is 2.58. The zero-order valence-electron chi connectivity index (χ0n) is 27.8. The summed E-state index contributed by atoms with van der Waals surface area (Å²) in [6.07, 6.45) is 1.86. The van der Waals surface area contributed by atoms with Crippen LogP contribution in [-0.2, 0) is 38.7 Å². The summed E-state index contributed by atoms with van der Waals surface area (Å²) in [6, 6.07) is 7.92. The Morgan fingerprint density at radius 1 is 1.13 bits per heavy atom. The summed E-state index contributed by atoms with van der Waals surface area (Å²) in [5, 5.41) is 20.2. The van der Waals surface area contributed by atoms with Crippen molar-refractivity contribution < 1.29 is 51.1 Å². The van der Waals surface area contributed by atoms with Gasteiger partial charge in [-0.2, -0.15) is 13.5 Å². The van der Waals surface area contributed by atoms with Gasteiger partial charge in [-0.1, -0.05) is 23.7 Å². The van der Waals surface area contributed by atoms with E-state index in [4.69, 9.17) is 31.3 Å². The van der Waals surface area contributed by atoms with E-state index in [9.17, 15) is 32.7 Å². The van der Waals surface area contributed by atoms with Gasteiger partial charge in [0.2, 0.25) is 5.91 Å². The number of carboxylic acids is 1. The van der Waals surface area contributed by atoms with Gasteiger partial charge in [0, 0.05) is 17.1 Å². The molecule has 3 aromatic rings. The third-order valence-electron chi connectivity index (χ3n) is 7.56. The number of nitrogens with zero attached hydrogens (tertiary/aromatic N) is 4. The lowest BCUT2D eigenvalue weighted by atomic mass is 9.84. The number of carbonyl (C=O) groups excluding carboxylic acids is 3. The number of aromatic nitrogens is 2. The van der Waals surface area contributed by atoms with Crippen LogP contribution in [0.1, 0.15) is 38.8 Å². The second-order valence-corrected chi connectivity index (χ2v) is 13.7. The van der Waals surface area contributed by atoms with Crippen molar-refractivity contribution in [2.75, 3.05) is 24.2 Å². The number of β-lactam (4-membered cyclic amide) rings is 1. The first kappa shape index (κ1) is 39.5. The van der Waals surface area contributed by atoms with Crippen molar-refractivity contribution in [3.8, 4) is 16.9 Å². The summed E-state index contributed by atoms with van der Waals surface area (Å²) >= 11 is 0.941. The average molecular weight is 764 g/mol. The Morgan fingerprint density at radius 3 is 2.38 bits per heavy atom. The lowest BCUT2D eigenvalue weighted by Gasteiger charge is -2.50. The van der Waals surface area contributed by atoms with Crippen LogP contribution in [0.5, 0.6) is 5.75 Å². The van der Waals surface area contributed by atoms with E-state index in [-0.39, 0.29) is 22.5 Å². The lowest BCUT2D eigenvalue weighted by molar-refractivity contribution is -0.218. The minimum Gasteiger partial charge on any atom is -0.489 e. The van der Waals surface area contributed by atoms with Crippen LogP contribution in [0.15, 0.2) is 53.1 Å². The number of nitrogen functional groups attached to an aromatic ring is 1. The molecule has 0 bridgehead atoms. The van der Waals surface area contributed by atoms with Crippen LogP contribution < -0.4 is 32.6 Å². The number of carboxylic acid groups (broad SMARTS) is 1. The molecule has 0 radical (unpaired) electrons. The molecule has 0 spiro atoms. The van der Waals surface area contributed by atoms with Gasteiger partial charge in [-0.25, -0.2) is 14.8 Å². The van der Waals surface area contributed by atoms with E-state index in [1.165, 1.54) is 19.2 Å². The van der Waals surface area contributed by atoms with E-state index in [1.807, 2.05) is 0 Å². The summed E-state index contributed by atoms with van der Waals surface area (Å²) in [6.45, 7) is 2.68. The Balaban J connectivity index is 1.38. The smallest absolute Gasteiger partial charge is 0.418 e. The number of benzene rings is 1. The minimum atomic E-state index is -5.03. The highest BCUT2D eigenvalue weighted by Crippen LogP contribution is 2.33. The molecule has 1 saturated heterocycles. The number of nitrogens with two attached hydrogens (primary N) is 3. The maximum atomic E-state index is 13.2. The summed E-state index contributed by atoms with van der Waals surface area (Å²) in [5.74, 6) is -3.28. The molecular weight excluding hydrogens is 727 g/mol. The first-order chi connectivity index (χ1) is 24.5. The molecule has 10 N–H and O–H groups in total. The van der Waals surface area contributed by atoms with Crippen molar-refractivity contribution in [1.82, 2.24) is 20.3 Å². The fraction of sp³-hybridized carbons (Fsp3) is 0.367. The number of unbranched alkanes of at least 4 members (excludes halogenated alkanes) is 1. The largest absolute Gasteiger partial charge is 0.489 e. The fourth-order valence-electron chi connectivity index (χ4n) is 4.70. The summed E-state index contributed by atoms with van der Waals surface area (Å²) < 4.78 is 41.1.